The molecule has 5 heterocycles. The van der Waals surface area contributed by atoms with E-state index in [1.54, 1.807) is 6.92 Å². The normalized spacial score (nSPS) is 20.2. The van der Waals surface area contributed by atoms with E-state index in [-0.39, 0.29) is 24.6 Å². The van der Waals surface area contributed by atoms with E-state index in [4.69, 9.17) is 4.74 Å². The van der Waals surface area contributed by atoms with Crippen molar-refractivity contribution < 1.29 is 39.2 Å². The molecule has 0 aliphatic carbocycles. The predicted molar refractivity (Wildman–Crippen MR) is 197 cm³/mol. The second kappa shape index (κ2) is 20.2. The highest BCUT2D eigenvalue weighted by molar-refractivity contribution is 6.02. The van der Waals surface area contributed by atoms with Crippen LogP contribution in [0.25, 0.3) is 11.2 Å². The first-order chi connectivity index (χ1) is 26.6. The Morgan fingerprint density at radius 1 is 0.945 bits per heavy atom. The molecule has 0 unspecified atom stereocenters. The summed E-state index contributed by atoms with van der Waals surface area (Å²) in [6.07, 6.45) is 7.56. The van der Waals surface area contributed by atoms with Crippen LogP contribution in [0, 0.1) is 0 Å². The smallest absolute Gasteiger partial charge is 0.414 e. The van der Waals surface area contributed by atoms with Crippen molar-refractivity contribution in [3.63, 3.8) is 0 Å². The van der Waals surface area contributed by atoms with E-state index in [9.17, 15) is 39.3 Å². The number of ether oxygens (including phenoxy) is 2. The molecule has 6 N–H and O–H groups in total. The van der Waals surface area contributed by atoms with Crippen molar-refractivity contribution in [2.24, 2.45) is 0 Å². The minimum absolute atomic E-state index is 0.0550. The quantitative estimate of drug-likeness (QED) is 0.0873. The number of imide groups is 1. The van der Waals surface area contributed by atoms with E-state index in [2.05, 4.69) is 34.9 Å². The number of anilines is 1. The molecule has 3 amide bonds. The Balaban J connectivity index is 0.902. The summed E-state index contributed by atoms with van der Waals surface area (Å²) in [7, 11) is 0. The van der Waals surface area contributed by atoms with Crippen molar-refractivity contribution in [2.75, 3.05) is 57.8 Å². The van der Waals surface area contributed by atoms with E-state index in [0.29, 0.717) is 62.7 Å². The Labute approximate surface area is 316 Å². The fraction of sp³-hybridized carbons (Fsp3) is 0.657. The van der Waals surface area contributed by atoms with Crippen LogP contribution in [0.3, 0.4) is 0 Å². The fourth-order valence-electron chi connectivity index (χ4n) is 6.74. The van der Waals surface area contributed by atoms with Gasteiger partial charge in [-0.2, -0.15) is 0 Å². The summed E-state index contributed by atoms with van der Waals surface area (Å²) in [5, 5.41) is 35.2. The second-order valence-electron chi connectivity index (χ2n) is 13.7. The Morgan fingerprint density at radius 2 is 1.65 bits per heavy atom. The number of H-pyrrole nitrogens is 1. The van der Waals surface area contributed by atoms with Crippen molar-refractivity contribution in [1.82, 2.24) is 44.2 Å². The van der Waals surface area contributed by atoms with Crippen molar-refractivity contribution in [3.8, 4) is 0 Å². The lowest BCUT2D eigenvalue weighted by Crippen LogP contribution is -2.49. The molecule has 2 aliphatic heterocycles. The van der Waals surface area contributed by atoms with Gasteiger partial charge in [-0.1, -0.05) is 38.5 Å². The Bertz CT molecular complexity index is 1860. The molecule has 0 aromatic carbocycles. The van der Waals surface area contributed by atoms with Gasteiger partial charge < -0.3 is 35.0 Å². The van der Waals surface area contributed by atoms with Crippen LogP contribution in [0.4, 0.5) is 10.6 Å². The molecule has 0 saturated carbocycles. The van der Waals surface area contributed by atoms with E-state index in [0.717, 1.165) is 57.6 Å². The van der Waals surface area contributed by atoms with Gasteiger partial charge in [-0.15, -0.1) is 0 Å². The third kappa shape index (κ3) is 10.9. The van der Waals surface area contributed by atoms with Crippen LogP contribution in [0.5, 0.6) is 0 Å². The molecule has 4 atom stereocenters. The molecule has 2 aliphatic rings. The molecule has 0 spiro atoms. The van der Waals surface area contributed by atoms with Crippen molar-refractivity contribution in [2.45, 2.75) is 95.8 Å². The number of unbranched alkanes of at least 4 members (excludes halogenated alkanes) is 7. The number of piperazine rings is 1. The molecule has 2 fully saturated rings. The van der Waals surface area contributed by atoms with E-state index in [1.807, 2.05) is 10.2 Å². The third-order valence-electron chi connectivity index (χ3n) is 9.89. The number of aliphatic hydroxyl groups is 3. The third-order valence-corrected chi connectivity index (χ3v) is 9.89. The van der Waals surface area contributed by atoms with Crippen molar-refractivity contribution in [3.05, 3.63) is 45.3 Å². The zero-order valence-corrected chi connectivity index (χ0v) is 31.1. The average molecular weight is 773 g/mol. The lowest BCUT2D eigenvalue weighted by Gasteiger charge is -2.34. The molecule has 3 aromatic rings. The van der Waals surface area contributed by atoms with Gasteiger partial charge in [0.05, 0.1) is 19.5 Å². The largest absolute Gasteiger partial charge is 0.450 e. The molecule has 5 rings (SSSR count). The summed E-state index contributed by atoms with van der Waals surface area (Å²) in [5.74, 6) is -0.241. The molecular weight excluding hydrogens is 720 g/mol. The van der Waals surface area contributed by atoms with Crippen LogP contribution in [0.1, 0.15) is 81.3 Å². The molecule has 55 heavy (non-hydrogen) atoms. The van der Waals surface area contributed by atoms with Gasteiger partial charge in [-0.3, -0.25) is 38.7 Å². The molecule has 3 aromatic heterocycles. The van der Waals surface area contributed by atoms with Crippen molar-refractivity contribution >= 4 is 34.9 Å². The maximum absolute atomic E-state index is 12.8. The fourth-order valence-corrected chi connectivity index (χ4v) is 6.74. The Kier molecular flexibility index (Phi) is 15.2. The van der Waals surface area contributed by atoms with Gasteiger partial charge in [0.2, 0.25) is 5.91 Å². The number of nitrogens with zero attached hydrogens (tertiary/aromatic N) is 7. The van der Waals surface area contributed by atoms with Crippen LogP contribution in [-0.4, -0.2) is 143 Å². The molecular formula is C35H52N10O10. The molecule has 302 valence electrons. The van der Waals surface area contributed by atoms with E-state index < -0.39 is 54.4 Å². The van der Waals surface area contributed by atoms with E-state index in [1.165, 1.54) is 21.8 Å². The van der Waals surface area contributed by atoms with Crippen LogP contribution in [0.15, 0.2) is 28.4 Å². The van der Waals surface area contributed by atoms with Gasteiger partial charge in [0.1, 0.15) is 30.2 Å². The first kappa shape index (κ1) is 41.4. The summed E-state index contributed by atoms with van der Waals surface area (Å²) in [4.78, 5) is 80.2. The molecule has 2 saturated heterocycles. The summed E-state index contributed by atoms with van der Waals surface area (Å²) >= 11 is 0. The summed E-state index contributed by atoms with van der Waals surface area (Å²) in [6, 6.07) is 0. The van der Waals surface area contributed by atoms with Crippen LogP contribution in [0.2, 0.25) is 0 Å². The maximum atomic E-state index is 12.8. The number of amides is 3. The highest BCUT2D eigenvalue weighted by Gasteiger charge is 2.44. The Morgan fingerprint density at radius 3 is 2.35 bits per heavy atom. The number of carbonyl (C=O) groups excluding carboxylic acids is 3. The van der Waals surface area contributed by atoms with Gasteiger partial charge in [-0.25, -0.2) is 24.5 Å². The standard InChI is InChI=1S/C35H52N10O10/c1-2-54-35(53)41-32(51)23-19-44(34(52)40-31(23)50)18-15-42-13-16-43(17-14-42)25(47)11-9-7-5-3-4-6-8-10-12-36-29-26-30(38-21-37-29)45(22-39-26)33-28(49)27(48)24(20-46)55-33/h19,21-22,24,27-28,33,46,48-49H,2-18,20H2,1H3,(H,36,37,38)(H,40,50,52)(H,41,51,53)/t24-,27+,28-,33+/m0/s1. The summed E-state index contributed by atoms with van der Waals surface area (Å²) < 4.78 is 13.0. The zero-order chi connectivity index (χ0) is 39.3. The first-order valence-electron chi connectivity index (χ1n) is 19.0. The topological polar surface area (TPSA) is 259 Å². The number of hydrogen-bond donors (Lipinski definition) is 6. The van der Waals surface area contributed by atoms with Crippen molar-refractivity contribution in [1.29, 1.82) is 0 Å². The minimum Gasteiger partial charge on any atom is -0.450 e. The number of aromatic amines is 1. The van der Waals surface area contributed by atoms with Gasteiger partial charge >= 0.3 is 11.8 Å². The summed E-state index contributed by atoms with van der Waals surface area (Å²) in [5.41, 5.74) is -0.952. The lowest BCUT2D eigenvalue weighted by atomic mass is 10.1. The highest BCUT2D eigenvalue weighted by atomic mass is 16.6. The van der Waals surface area contributed by atoms with Crippen LogP contribution >= 0.6 is 0 Å². The SMILES string of the molecule is CCOC(=O)NC(=O)c1cn(CCN2CCN(C(=O)CCCCCCCCCCNc3ncnc4c3ncn4[C@@H]3O[C@@H](CO)[C@@H](O)[C@@H]3O)CC2)c(=O)[nH]c1=O. The number of alkyl carbamates (subject to hydrolysis) is 1. The number of carbonyl (C=O) groups is 3. The second-order valence-corrected chi connectivity index (χ2v) is 13.7. The number of imidazole rings is 1. The number of rotatable bonds is 19. The number of aromatic nitrogens is 6. The molecule has 0 bridgehead atoms. The molecule has 0 radical (unpaired) electrons. The number of aliphatic hydroxyl groups excluding tert-OH is 3. The van der Waals surface area contributed by atoms with E-state index >= 15 is 0 Å². The Hall–Kier alpha value is -4.76. The highest BCUT2D eigenvalue weighted by Crippen LogP contribution is 2.32. The van der Waals surface area contributed by atoms with Gasteiger partial charge in [-0.05, 0) is 19.8 Å². The van der Waals surface area contributed by atoms with Gasteiger partial charge in [0.15, 0.2) is 23.2 Å². The average Bonchev–Trinajstić information content (AvgIpc) is 3.73. The first-order valence-corrected chi connectivity index (χ1v) is 19.0. The number of nitrogens with one attached hydrogen (secondary N) is 3. The molecule has 20 heteroatoms. The maximum Gasteiger partial charge on any atom is 0.414 e. The number of fused-ring (bicyclic) bond motifs is 1. The summed E-state index contributed by atoms with van der Waals surface area (Å²) in [6.45, 7) is 5.07. The van der Waals surface area contributed by atoms with Crippen LogP contribution < -0.4 is 21.9 Å². The zero-order valence-electron chi connectivity index (χ0n) is 31.1. The number of hydrogen-bond acceptors (Lipinski definition) is 15. The molecule has 20 nitrogen and oxygen atoms in total. The lowest BCUT2D eigenvalue weighted by molar-refractivity contribution is -0.133. The monoisotopic (exact) mass is 772 g/mol. The van der Waals surface area contributed by atoms with Crippen LogP contribution in [-0.2, 0) is 20.8 Å². The predicted octanol–water partition coefficient (Wildman–Crippen LogP) is -0.0587. The van der Waals surface area contributed by atoms with Gasteiger partial charge in [0.25, 0.3) is 11.5 Å². The minimum atomic E-state index is -1.23. The van der Waals surface area contributed by atoms with Gasteiger partial charge in [0, 0.05) is 58.4 Å².